The minimum atomic E-state index is -0.727. The van der Waals surface area contributed by atoms with Gasteiger partial charge in [0.2, 0.25) is 0 Å². The molecule has 0 saturated heterocycles. The highest BCUT2D eigenvalue weighted by Gasteiger charge is 2.25. The van der Waals surface area contributed by atoms with Crippen LogP contribution in [0.25, 0.3) is 0 Å². The molecule has 0 fully saturated rings. The SMILES string of the molecule is Cc1ccc2c(c1)OCN(CCCc1ccc(CC(Oc3ccccc3)C(N)=O)cc1)C2=O. The van der Waals surface area contributed by atoms with Gasteiger partial charge in [0.15, 0.2) is 12.8 Å². The number of rotatable bonds is 9. The number of ether oxygens (including phenoxy) is 2. The average molecular weight is 445 g/mol. The maximum Gasteiger partial charge on any atom is 0.260 e. The monoisotopic (exact) mass is 444 g/mol. The summed E-state index contributed by atoms with van der Waals surface area (Å²) in [5, 5.41) is 0. The van der Waals surface area contributed by atoms with Crippen molar-refractivity contribution in [2.75, 3.05) is 13.3 Å². The molecule has 3 aromatic carbocycles. The van der Waals surface area contributed by atoms with Crippen molar-refractivity contribution in [2.24, 2.45) is 5.73 Å². The van der Waals surface area contributed by atoms with Crippen LogP contribution >= 0.6 is 0 Å². The number of primary amides is 1. The number of carbonyl (C=O) groups is 2. The number of hydrogen-bond donors (Lipinski definition) is 1. The third-order valence-electron chi connectivity index (χ3n) is 5.71. The third-order valence-corrected chi connectivity index (χ3v) is 5.71. The lowest BCUT2D eigenvalue weighted by Crippen LogP contribution is -2.39. The van der Waals surface area contributed by atoms with Gasteiger partial charge in [-0.3, -0.25) is 9.59 Å². The fraction of sp³-hybridized carbons (Fsp3) is 0.259. The number of hydrogen-bond acceptors (Lipinski definition) is 4. The van der Waals surface area contributed by atoms with E-state index in [9.17, 15) is 9.59 Å². The summed E-state index contributed by atoms with van der Waals surface area (Å²) in [4.78, 5) is 26.3. The normalized spacial score (nSPS) is 13.7. The predicted octanol–water partition coefficient (Wildman–Crippen LogP) is 3.90. The molecule has 6 heteroatoms. The minimum Gasteiger partial charge on any atom is -0.480 e. The highest BCUT2D eigenvalue weighted by molar-refractivity contribution is 5.97. The maximum atomic E-state index is 12.7. The zero-order valence-corrected chi connectivity index (χ0v) is 18.7. The topological polar surface area (TPSA) is 81.9 Å². The van der Waals surface area contributed by atoms with E-state index in [1.165, 1.54) is 5.56 Å². The van der Waals surface area contributed by atoms with Gasteiger partial charge >= 0.3 is 0 Å². The van der Waals surface area contributed by atoms with Gasteiger partial charge in [0.25, 0.3) is 11.8 Å². The van der Waals surface area contributed by atoms with E-state index in [-0.39, 0.29) is 12.6 Å². The van der Waals surface area contributed by atoms with Crippen molar-refractivity contribution in [3.63, 3.8) is 0 Å². The van der Waals surface area contributed by atoms with E-state index in [2.05, 4.69) is 0 Å². The smallest absolute Gasteiger partial charge is 0.260 e. The molecule has 0 aliphatic carbocycles. The lowest BCUT2D eigenvalue weighted by Gasteiger charge is -2.29. The summed E-state index contributed by atoms with van der Waals surface area (Å²) in [6.07, 6.45) is 1.35. The molecule has 1 aliphatic rings. The molecular weight excluding hydrogens is 416 g/mol. The van der Waals surface area contributed by atoms with Crippen LogP contribution < -0.4 is 15.2 Å². The Morgan fingerprint density at radius 1 is 1.06 bits per heavy atom. The molecule has 2 N–H and O–H groups in total. The summed E-state index contributed by atoms with van der Waals surface area (Å²) >= 11 is 0. The van der Waals surface area contributed by atoms with Gasteiger partial charge in [-0.25, -0.2) is 0 Å². The number of benzene rings is 3. The average Bonchev–Trinajstić information content (AvgIpc) is 2.82. The van der Waals surface area contributed by atoms with Crippen molar-refractivity contribution >= 4 is 11.8 Å². The van der Waals surface area contributed by atoms with E-state index < -0.39 is 12.0 Å². The molecule has 1 heterocycles. The number of nitrogens with two attached hydrogens (primary N) is 1. The third kappa shape index (κ3) is 5.71. The van der Waals surface area contributed by atoms with Crippen LogP contribution in [0.5, 0.6) is 11.5 Å². The predicted molar refractivity (Wildman–Crippen MR) is 126 cm³/mol. The quantitative estimate of drug-likeness (QED) is 0.543. The van der Waals surface area contributed by atoms with E-state index in [1.54, 1.807) is 17.0 Å². The van der Waals surface area contributed by atoms with Crippen molar-refractivity contribution in [1.29, 1.82) is 0 Å². The number of amides is 2. The number of nitrogens with zero attached hydrogens (tertiary/aromatic N) is 1. The molecule has 170 valence electrons. The van der Waals surface area contributed by atoms with Crippen LogP contribution in [0.2, 0.25) is 0 Å². The van der Waals surface area contributed by atoms with E-state index in [4.69, 9.17) is 15.2 Å². The van der Waals surface area contributed by atoms with E-state index in [0.717, 1.165) is 24.0 Å². The number of fused-ring (bicyclic) bond motifs is 1. The Morgan fingerprint density at radius 2 is 1.79 bits per heavy atom. The van der Waals surface area contributed by atoms with Gasteiger partial charge in [-0.15, -0.1) is 0 Å². The molecule has 6 nitrogen and oxygen atoms in total. The Balaban J connectivity index is 1.28. The highest BCUT2D eigenvalue weighted by Crippen LogP contribution is 2.26. The largest absolute Gasteiger partial charge is 0.480 e. The minimum absolute atomic E-state index is 0.0162. The van der Waals surface area contributed by atoms with Gasteiger partial charge in [0.05, 0.1) is 5.56 Å². The van der Waals surface area contributed by atoms with Crippen LogP contribution in [0, 0.1) is 6.92 Å². The van der Waals surface area contributed by atoms with Crippen molar-refractivity contribution in [3.8, 4) is 11.5 Å². The zero-order chi connectivity index (χ0) is 23.2. The molecule has 0 spiro atoms. The molecule has 0 aromatic heterocycles. The van der Waals surface area contributed by atoms with Crippen molar-refractivity contribution in [3.05, 3.63) is 95.1 Å². The lowest BCUT2D eigenvalue weighted by molar-refractivity contribution is -0.124. The molecule has 0 saturated carbocycles. The molecule has 2 amide bonds. The van der Waals surface area contributed by atoms with Crippen molar-refractivity contribution in [2.45, 2.75) is 32.3 Å². The van der Waals surface area contributed by atoms with Crippen molar-refractivity contribution < 1.29 is 19.1 Å². The Bertz CT molecular complexity index is 1110. The van der Waals surface area contributed by atoms with Crippen LogP contribution in [0.15, 0.2) is 72.8 Å². The maximum absolute atomic E-state index is 12.7. The standard InChI is InChI=1S/C27H28N2O4/c1-19-9-14-23-24(16-19)32-18-29(27(23)31)15-5-6-20-10-12-21(13-11-20)17-25(26(28)30)33-22-7-3-2-4-8-22/h2-4,7-14,16,25H,5-6,15,17-18H2,1H3,(H2,28,30). The summed E-state index contributed by atoms with van der Waals surface area (Å²) in [5.41, 5.74) is 9.38. The molecule has 0 radical (unpaired) electrons. The van der Waals surface area contributed by atoms with E-state index in [1.807, 2.05) is 67.6 Å². The highest BCUT2D eigenvalue weighted by atomic mass is 16.5. The molecule has 1 aliphatic heterocycles. The molecular formula is C27H28N2O4. The molecule has 1 atom stereocenters. The first-order valence-corrected chi connectivity index (χ1v) is 11.1. The molecule has 33 heavy (non-hydrogen) atoms. The fourth-order valence-electron chi connectivity index (χ4n) is 3.86. The van der Waals surface area contributed by atoms with Crippen LogP contribution in [-0.4, -0.2) is 36.1 Å². The Morgan fingerprint density at radius 3 is 2.52 bits per heavy atom. The van der Waals surface area contributed by atoms with E-state index >= 15 is 0 Å². The van der Waals surface area contributed by atoms with Crippen LogP contribution in [-0.2, 0) is 17.6 Å². The molecule has 0 bridgehead atoms. The summed E-state index contributed by atoms with van der Waals surface area (Å²) in [6.45, 7) is 2.89. The first-order chi connectivity index (χ1) is 16.0. The van der Waals surface area contributed by atoms with Gasteiger partial charge in [0.1, 0.15) is 11.5 Å². The van der Waals surface area contributed by atoms with Gasteiger partial charge in [0, 0.05) is 13.0 Å². The number of para-hydroxylation sites is 1. The zero-order valence-electron chi connectivity index (χ0n) is 18.7. The summed E-state index contributed by atoms with van der Waals surface area (Å²) < 4.78 is 11.5. The van der Waals surface area contributed by atoms with Gasteiger partial charge in [-0.05, 0) is 60.7 Å². The van der Waals surface area contributed by atoms with Gasteiger partial charge in [-0.2, -0.15) is 0 Å². The first kappa shape index (κ1) is 22.4. The number of aryl methyl sites for hydroxylation is 2. The van der Waals surface area contributed by atoms with Crippen LogP contribution in [0.3, 0.4) is 0 Å². The van der Waals surface area contributed by atoms with Gasteiger partial charge < -0.3 is 20.1 Å². The Hall–Kier alpha value is -3.80. The van der Waals surface area contributed by atoms with Crippen molar-refractivity contribution in [1.82, 2.24) is 4.90 Å². The number of carbonyl (C=O) groups excluding carboxylic acids is 2. The summed E-state index contributed by atoms with van der Waals surface area (Å²) in [7, 11) is 0. The lowest BCUT2D eigenvalue weighted by atomic mass is 10.0. The van der Waals surface area contributed by atoms with Crippen LogP contribution in [0.4, 0.5) is 0 Å². The molecule has 1 unspecified atom stereocenters. The summed E-state index contributed by atoms with van der Waals surface area (Å²) in [6, 6.07) is 22.9. The first-order valence-electron chi connectivity index (χ1n) is 11.1. The van der Waals surface area contributed by atoms with E-state index in [0.29, 0.717) is 30.0 Å². The fourth-order valence-corrected chi connectivity index (χ4v) is 3.86. The van der Waals surface area contributed by atoms with Crippen LogP contribution in [0.1, 0.15) is 33.5 Å². The molecule has 3 aromatic rings. The Kier molecular flexibility index (Phi) is 6.93. The molecule has 4 rings (SSSR count). The second-order valence-corrected chi connectivity index (χ2v) is 8.29. The second kappa shape index (κ2) is 10.2. The van der Waals surface area contributed by atoms with Gasteiger partial charge in [-0.1, -0.05) is 48.5 Å². The Labute approximate surface area is 193 Å². The summed E-state index contributed by atoms with van der Waals surface area (Å²) in [5.74, 6) is 0.805. The second-order valence-electron chi connectivity index (χ2n) is 8.29.